The van der Waals surface area contributed by atoms with Crippen LogP contribution in [0.15, 0.2) is 24.4 Å². The van der Waals surface area contributed by atoms with Gasteiger partial charge in [0.05, 0.1) is 11.7 Å². The predicted molar refractivity (Wildman–Crippen MR) is 110 cm³/mol. The summed E-state index contributed by atoms with van der Waals surface area (Å²) in [5.74, 6) is 1.26. The second-order valence-electron chi connectivity index (χ2n) is 7.73. The highest BCUT2D eigenvalue weighted by Gasteiger charge is 2.29. The first kappa shape index (κ1) is 20.2. The number of aromatic nitrogens is 3. The van der Waals surface area contributed by atoms with E-state index in [-0.39, 0.29) is 17.8 Å². The third kappa shape index (κ3) is 4.30. The zero-order chi connectivity index (χ0) is 20.3. The monoisotopic (exact) mass is 382 g/mol. The van der Waals surface area contributed by atoms with Crippen LogP contribution in [0.25, 0.3) is 0 Å². The maximum Gasteiger partial charge on any atom is 0.288 e. The predicted octanol–water partition coefficient (Wildman–Crippen LogP) is 2.41. The first-order valence-corrected chi connectivity index (χ1v) is 9.90. The molecule has 7 heteroatoms. The summed E-state index contributed by atoms with van der Waals surface area (Å²) in [5.41, 5.74) is 2.94. The molecule has 0 saturated carbocycles. The van der Waals surface area contributed by atoms with Crippen molar-refractivity contribution in [2.45, 2.75) is 46.2 Å². The van der Waals surface area contributed by atoms with E-state index in [1.807, 2.05) is 32.2 Å². The molecule has 1 aliphatic rings. The molecule has 1 unspecified atom stereocenters. The SMILES string of the molecule is CNC(=O)c1nc(C)c(C)c(N2CC[C@@H](NC(c3ccccn3)C(C)C)C2)n1. The molecule has 2 aromatic heterocycles. The number of rotatable bonds is 6. The maximum atomic E-state index is 12.0. The quantitative estimate of drug-likeness (QED) is 0.798. The van der Waals surface area contributed by atoms with Crippen molar-refractivity contribution in [2.24, 2.45) is 5.92 Å². The van der Waals surface area contributed by atoms with Crippen molar-refractivity contribution in [3.8, 4) is 0 Å². The van der Waals surface area contributed by atoms with E-state index in [4.69, 9.17) is 0 Å². The van der Waals surface area contributed by atoms with Gasteiger partial charge in [-0.1, -0.05) is 19.9 Å². The Bertz CT molecular complexity index is 823. The molecule has 2 aromatic rings. The van der Waals surface area contributed by atoms with Gasteiger partial charge in [-0.2, -0.15) is 0 Å². The standard InChI is InChI=1S/C21H30N6O/c1-13(2)18(17-8-6-7-10-23-17)25-16-9-11-27(12-16)20-14(3)15(4)24-19(26-20)21(28)22-5/h6-8,10,13,16,18,25H,9,11-12H2,1-5H3,(H,22,28)/t16-,18?/m1/s1. The van der Waals surface area contributed by atoms with Crippen LogP contribution in [0.1, 0.15) is 53.9 Å². The van der Waals surface area contributed by atoms with Crippen LogP contribution >= 0.6 is 0 Å². The van der Waals surface area contributed by atoms with E-state index in [1.165, 1.54) is 0 Å². The molecule has 0 bridgehead atoms. The molecule has 1 fully saturated rings. The number of amides is 1. The molecule has 2 N–H and O–H groups in total. The number of hydrogen-bond donors (Lipinski definition) is 2. The minimum absolute atomic E-state index is 0.209. The fraction of sp³-hybridized carbons (Fsp3) is 0.524. The summed E-state index contributed by atoms with van der Waals surface area (Å²) in [5, 5.41) is 6.40. The number of pyridine rings is 1. The van der Waals surface area contributed by atoms with Gasteiger partial charge >= 0.3 is 0 Å². The molecule has 0 radical (unpaired) electrons. The lowest BCUT2D eigenvalue weighted by Crippen LogP contribution is -2.38. The van der Waals surface area contributed by atoms with Crippen molar-refractivity contribution in [3.05, 3.63) is 47.2 Å². The first-order valence-electron chi connectivity index (χ1n) is 9.90. The van der Waals surface area contributed by atoms with Gasteiger partial charge in [-0.05, 0) is 38.3 Å². The van der Waals surface area contributed by atoms with Gasteiger partial charge in [-0.25, -0.2) is 9.97 Å². The van der Waals surface area contributed by atoms with Crippen molar-refractivity contribution in [1.82, 2.24) is 25.6 Å². The molecule has 0 spiro atoms. The molecule has 3 rings (SSSR count). The maximum absolute atomic E-state index is 12.0. The normalized spacial score (nSPS) is 17.8. The summed E-state index contributed by atoms with van der Waals surface area (Å²) in [6.07, 6.45) is 2.87. The van der Waals surface area contributed by atoms with Crippen LogP contribution in [-0.4, -0.2) is 47.0 Å². The van der Waals surface area contributed by atoms with Crippen LogP contribution in [0.5, 0.6) is 0 Å². The van der Waals surface area contributed by atoms with Gasteiger partial charge in [0, 0.05) is 43.6 Å². The number of anilines is 1. The third-order valence-electron chi connectivity index (χ3n) is 5.37. The lowest BCUT2D eigenvalue weighted by molar-refractivity contribution is 0.0952. The zero-order valence-electron chi connectivity index (χ0n) is 17.4. The summed E-state index contributed by atoms with van der Waals surface area (Å²) in [7, 11) is 1.60. The molecule has 2 atom stereocenters. The minimum Gasteiger partial charge on any atom is -0.355 e. The highest BCUT2D eigenvalue weighted by atomic mass is 16.2. The molecule has 1 aliphatic heterocycles. The Kier molecular flexibility index (Phi) is 6.24. The highest BCUT2D eigenvalue weighted by molar-refractivity contribution is 5.90. The second kappa shape index (κ2) is 8.65. The van der Waals surface area contributed by atoms with E-state index in [9.17, 15) is 4.79 Å². The zero-order valence-corrected chi connectivity index (χ0v) is 17.4. The number of hydrogen-bond acceptors (Lipinski definition) is 6. The summed E-state index contributed by atoms with van der Waals surface area (Å²) >= 11 is 0. The van der Waals surface area contributed by atoms with Gasteiger partial charge in [0.25, 0.3) is 5.91 Å². The Hall–Kier alpha value is -2.54. The van der Waals surface area contributed by atoms with E-state index >= 15 is 0 Å². The number of carbonyl (C=O) groups is 1. The Labute approximate surface area is 167 Å². The fourth-order valence-electron chi connectivity index (χ4n) is 3.66. The summed E-state index contributed by atoms with van der Waals surface area (Å²) in [6, 6.07) is 6.61. The molecule has 1 saturated heterocycles. The largest absolute Gasteiger partial charge is 0.355 e. The molecule has 0 aromatic carbocycles. The molecular formula is C21H30N6O. The van der Waals surface area contributed by atoms with Crippen LogP contribution < -0.4 is 15.5 Å². The van der Waals surface area contributed by atoms with Crippen molar-refractivity contribution < 1.29 is 4.79 Å². The van der Waals surface area contributed by atoms with Crippen LogP contribution in [0.2, 0.25) is 0 Å². The second-order valence-corrected chi connectivity index (χ2v) is 7.73. The van der Waals surface area contributed by atoms with Crippen molar-refractivity contribution in [2.75, 3.05) is 25.0 Å². The van der Waals surface area contributed by atoms with Gasteiger partial charge in [-0.3, -0.25) is 9.78 Å². The highest BCUT2D eigenvalue weighted by Crippen LogP contribution is 2.27. The van der Waals surface area contributed by atoms with Crippen molar-refractivity contribution in [1.29, 1.82) is 0 Å². The van der Waals surface area contributed by atoms with Crippen LogP contribution in [0, 0.1) is 19.8 Å². The van der Waals surface area contributed by atoms with E-state index < -0.39 is 0 Å². The molecule has 1 amide bonds. The Morgan fingerprint density at radius 3 is 2.68 bits per heavy atom. The number of aryl methyl sites for hydroxylation is 1. The van der Waals surface area contributed by atoms with Gasteiger partial charge in [0.15, 0.2) is 0 Å². The van der Waals surface area contributed by atoms with E-state index in [0.717, 1.165) is 42.3 Å². The Morgan fingerprint density at radius 2 is 2.04 bits per heavy atom. The van der Waals surface area contributed by atoms with E-state index in [1.54, 1.807) is 7.05 Å². The first-order chi connectivity index (χ1) is 13.4. The smallest absolute Gasteiger partial charge is 0.288 e. The van der Waals surface area contributed by atoms with Gasteiger partial charge in [-0.15, -0.1) is 0 Å². The average molecular weight is 383 g/mol. The lowest BCUT2D eigenvalue weighted by atomic mass is 9.99. The van der Waals surface area contributed by atoms with Gasteiger partial charge < -0.3 is 15.5 Å². The Morgan fingerprint density at radius 1 is 1.25 bits per heavy atom. The molecule has 0 aliphatic carbocycles. The van der Waals surface area contributed by atoms with Gasteiger partial charge in [0.1, 0.15) is 5.82 Å². The number of nitrogens with zero attached hydrogens (tertiary/aromatic N) is 4. The number of nitrogens with one attached hydrogen (secondary N) is 2. The van der Waals surface area contributed by atoms with Gasteiger partial charge in [0.2, 0.25) is 5.82 Å². The van der Waals surface area contributed by atoms with Crippen LogP contribution in [0.3, 0.4) is 0 Å². The Balaban J connectivity index is 1.76. The molecular weight excluding hydrogens is 352 g/mol. The van der Waals surface area contributed by atoms with Crippen molar-refractivity contribution in [3.63, 3.8) is 0 Å². The average Bonchev–Trinajstić information content (AvgIpc) is 3.16. The summed E-state index contributed by atoms with van der Waals surface area (Å²) in [4.78, 5) is 27.7. The van der Waals surface area contributed by atoms with Crippen LogP contribution in [0.4, 0.5) is 5.82 Å². The van der Waals surface area contributed by atoms with E-state index in [0.29, 0.717) is 12.0 Å². The van der Waals surface area contributed by atoms with Crippen LogP contribution in [-0.2, 0) is 0 Å². The topological polar surface area (TPSA) is 83.0 Å². The molecule has 28 heavy (non-hydrogen) atoms. The lowest BCUT2D eigenvalue weighted by Gasteiger charge is -2.26. The molecule has 150 valence electrons. The molecule has 7 nitrogen and oxygen atoms in total. The minimum atomic E-state index is -0.256. The summed E-state index contributed by atoms with van der Waals surface area (Å²) in [6.45, 7) is 10.1. The molecule has 3 heterocycles. The number of carbonyl (C=O) groups excluding carboxylic acids is 1. The van der Waals surface area contributed by atoms with Crippen molar-refractivity contribution >= 4 is 11.7 Å². The third-order valence-corrected chi connectivity index (χ3v) is 5.37. The summed E-state index contributed by atoms with van der Waals surface area (Å²) < 4.78 is 0. The fourth-order valence-corrected chi connectivity index (χ4v) is 3.66. The van der Waals surface area contributed by atoms with E-state index in [2.05, 4.69) is 50.4 Å².